The number of halogens is 2. The number of nitrogens with one attached hydrogen (secondary N) is 1. The molecule has 1 aliphatic heterocycles. The number of aromatic nitrogens is 3. The number of pyridine rings is 1. The summed E-state index contributed by atoms with van der Waals surface area (Å²) in [5.41, 5.74) is 4.42. The number of carbonyl (C=O) groups excluding carboxylic acids is 1. The van der Waals surface area contributed by atoms with Gasteiger partial charge in [-0.2, -0.15) is 5.10 Å². The molecule has 2 aromatic heterocycles. The predicted octanol–water partition coefficient (Wildman–Crippen LogP) is 4.27. The first-order chi connectivity index (χ1) is 13.5. The lowest BCUT2D eigenvalue weighted by Gasteiger charge is -2.24. The first kappa shape index (κ1) is 24.1. The van der Waals surface area contributed by atoms with Crippen LogP contribution in [0, 0.1) is 6.92 Å². The second-order valence-electron chi connectivity index (χ2n) is 7.85. The minimum atomic E-state index is 0. The zero-order valence-corrected chi connectivity index (χ0v) is 19.4. The molecule has 6 nitrogen and oxygen atoms in total. The Balaban J connectivity index is 0.00000160. The van der Waals surface area contributed by atoms with E-state index in [1.807, 2.05) is 34.8 Å². The normalized spacial score (nSPS) is 15.7. The Hall–Kier alpha value is -2.15. The van der Waals surface area contributed by atoms with Crippen molar-refractivity contribution < 1.29 is 4.79 Å². The maximum Gasteiger partial charge on any atom is 0.254 e. The number of rotatable bonds is 4. The van der Waals surface area contributed by atoms with Gasteiger partial charge >= 0.3 is 0 Å². The Morgan fingerprint density at radius 3 is 2.63 bits per heavy atom. The Kier molecular flexibility index (Phi) is 7.86. The van der Waals surface area contributed by atoms with Crippen LogP contribution in [0.3, 0.4) is 0 Å². The van der Waals surface area contributed by atoms with Crippen molar-refractivity contribution in [3.8, 4) is 11.3 Å². The zero-order chi connectivity index (χ0) is 19.8. The topological polar surface area (TPSA) is 63.1 Å². The van der Waals surface area contributed by atoms with Crippen LogP contribution in [-0.4, -0.2) is 51.8 Å². The summed E-state index contributed by atoms with van der Waals surface area (Å²) in [6.07, 6.45) is 2.75. The fourth-order valence-corrected chi connectivity index (χ4v) is 3.90. The molecule has 4 rings (SSSR count). The van der Waals surface area contributed by atoms with Gasteiger partial charge in [-0.25, -0.2) is 9.67 Å². The lowest BCUT2D eigenvalue weighted by atomic mass is 10.0. The summed E-state index contributed by atoms with van der Waals surface area (Å²) >= 11 is 0. The highest BCUT2D eigenvalue weighted by Crippen LogP contribution is 2.29. The molecular weight excluding hydrogens is 421 g/mol. The number of nitrogens with zero attached hydrogens (tertiary/aromatic N) is 4. The fourth-order valence-electron chi connectivity index (χ4n) is 3.90. The van der Waals surface area contributed by atoms with Crippen LogP contribution >= 0.6 is 24.8 Å². The second-order valence-corrected chi connectivity index (χ2v) is 7.85. The molecule has 3 aromatic rings. The van der Waals surface area contributed by atoms with Crippen molar-refractivity contribution in [2.75, 3.05) is 20.1 Å². The second kappa shape index (κ2) is 9.77. The van der Waals surface area contributed by atoms with Gasteiger partial charge < -0.3 is 10.2 Å². The summed E-state index contributed by atoms with van der Waals surface area (Å²) < 4.78 is 1.89. The van der Waals surface area contributed by atoms with Crippen LogP contribution in [-0.2, 0) is 0 Å². The van der Waals surface area contributed by atoms with Crippen molar-refractivity contribution in [2.45, 2.75) is 39.3 Å². The lowest BCUT2D eigenvalue weighted by molar-refractivity contribution is 0.0745. The number of carbonyl (C=O) groups is 1. The number of hydrogen-bond donors (Lipinski definition) is 1. The molecule has 1 atom stereocenters. The summed E-state index contributed by atoms with van der Waals surface area (Å²) in [4.78, 5) is 20.2. The van der Waals surface area contributed by atoms with Crippen molar-refractivity contribution in [3.63, 3.8) is 0 Å². The molecule has 0 saturated carbocycles. The van der Waals surface area contributed by atoms with E-state index < -0.39 is 0 Å². The SMILES string of the molecule is Cc1ccccc1-c1cc(C(=O)N(C)C2CCNC2)c2cnn(C(C)C)c2n1.Cl.Cl. The third kappa shape index (κ3) is 4.31. The molecule has 0 bridgehead atoms. The van der Waals surface area contributed by atoms with Crippen molar-refractivity contribution in [1.82, 2.24) is 25.0 Å². The third-order valence-corrected chi connectivity index (χ3v) is 5.61. The standard InChI is InChI=1S/C22H27N5O.2ClH/c1-14(2)27-21-19(13-24-27)18(22(28)26(4)16-9-10-23-12-16)11-20(25-21)17-8-6-5-7-15(17)3;;/h5-8,11,13-14,16,23H,9-10,12H2,1-4H3;2*1H. The molecule has 0 spiro atoms. The van der Waals surface area contributed by atoms with Crippen molar-refractivity contribution in [1.29, 1.82) is 0 Å². The monoisotopic (exact) mass is 449 g/mol. The lowest BCUT2D eigenvalue weighted by Crippen LogP contribution is -2.38. The van der Waals surface area contributed by atoms with Crippen LogP contribution in [0.1, 0.15) is 42.2 Å². The summed E-state index contributed by atoms with van der Waals surface area (Å²) in [6.45, 7) is 8.01. The van der Waals surface area contributed by atoms with Gasteiger partial charge in [0.1, 0.15) is 0 Å². The molecule has 1 fully saturated rings. The maximum atomic E-state index is 13.4. The minimum absolute atomic E-state index is 0. The van der Waals surface area contributed by atoms with E-state index in [1.54, 1.807) is 6.20 Å². The van der Waals surface area contributed by atoms with Gasteiger partial charge in [-0.3, -0.25) is 4.79 Å². The summed E-state index contributed by atoms with van der Waals surface area (Å²) in [7, 11) is 1.90. The Bertz CT molecular complexity index is 1030. The maximum absolute atomic E-state index is 13.4. The molecule has 1 aliphatic rings. The van der Waals surface area contributed by atoms with Crippen molar-refractivity contribution in [3.05, 3.63) is 47.7 Å². The van der Waals surface area contributed by atoms with E-state index in [0.717, 1.165) is 47.4 Å². The van der Waals surface area contributed by atoms with E-state index in [2.05, 4.69) is 43.3 Å². The van der Waals surface area contributed by atoms with Crippen LogP contribution in [0.15, 0.2) is 36.5 Å². The molecule has 1 unspecified atom stereocenters. The number of benzene rings is 1. The minimum Gasteiger partial charge on any atom is -0.337 e. The van der Waals surface area contributed by atoms with Crippen molar-refractivity contribution >= 4 is 41.8 Å². The molecular formula is C22H29Cl2N5O. The highest BCUT2D eigenvalue weighted by atomic mass is 35.5. The van der Waals surface area contributed by atoms with E-state index >= 15 is 0 Å². The van der Waals surface area contributed by atoms with Gasteiger partial charge in [-0.1, -0.05) is 24.3 Å². The molecule has 1 saturated heterocycles. The van der Waals surface area contributed by atoms with Gasteiger partial charge in [-0.05, 0) is 45.4 Å². The first-order valence-corrected chi connectivity index (χ1v) is 9.89. The van der Waals surface area contributed by atoms with Gasteiger partial charge in [0.25, 0.3) is 5.91 Å². The number of fused-ring (bicyclic) bond motifs is 1. The quantitative estimate of drug-likeness (QED) is 0.645. The molecule has 1 aromatic carbocycles. The summed E-state index contributed by atoms with van der Waals surface area (Å²) in [5.74, 6) is 0.0271. The molecule has 0 radical (unpaired) electrons. The number of aryl methyl sites for hydroxylation is 1. The van der Waals surface area contributed by atoms with Crippen LogP contribution in [0.4, 0.5) is 0 Å². The van der Waals surface area contributed by atoms with Gasteiger partial charge in [0, 0.05) is 31.2 Å². The van der Waals surface area contributed by atoms with E-state index in [-0.39, 0.29) is 42.8 Å². The molecule has 0 aliphatic carbocycles. The van der Waals surface area contributed by atoms with E-state index in [4.69, 9.17) is 4.98 Å². The van der Waals surface area contributed by atoms with Crippen LogP contribution in [0.2, 0.25) is 0 Å². The van der Waals surface area contributed by atoms with Gasteiger partial charge in [-0.15, -0.1) is 24.8 Å². The Morgan fingerprint density at radius 2 is 2.00 bits per heavy atom. The van der Waals surface area contributed by atoms with Gasteiger partial charge in [0.05, 0.1) is 22.8 Å². The summed E-state index contributed by atoms with van der Waals surface area (Å²) in [5, 5.41) is 8.67. The van der Waals surface area contributed by atoms with E-state index in [0.29, 0.717) is 5.56 Å². The van der Waals surface area contributed by atoms with E-state index in [9.17, 15) is 4.79 Å². The number of likely N-dealkylation sites (N-methyl/N-ethyl adjacent to an activating group) is 1. The molecule has 30 heavy (non-hydrogen) atoms. The van der Waals surface area contributed by atoms with E-state index in [1.165, 1.54) is 0 Å². The number of amides is 1. The molecule has 8 heteroatoms. The Labute approximate surface area is 189 Å². The molecule has 1 amide bonds. The molecule has 162 valence electrons. The Morgan fingerprint density at radius 1 is 1.27 bits per heavy atom. The fraction of sp³-hybridized carbons (Fsp3) is 0.409. The number of hydrogen-bond acceptors (Lipinski definition) is 4. The zero-order valence-electron chi connectivity index (χ0n) is 17.8. The summed E-state index contributed by atoms with van der Waals surface area (Å²) in [6, 6.07) is 10.5. The average Bonchev–Trinajstić information content (AvgIpc) is 3.36. The molecule has 1 N–H and O–H groups in total. The van der Waals surface area contributed by atoms with Crippen LogP contribution in [0.25, 0.3) is 22.3 Å². The van der Waals surface area contributed by atoms with Gasteiger partial charge in [0.2, 0.25) is 0 Å². The smallest absolute Gasteiger partial charge is 0.254 e. The largest absolute Gasteiger partial charge is 0.337 e. The van der Waals surface area contributed by atoms with Gasteiger partial charge in [0.15, 0.2) is 5.65 Å². The van der Waals surface area contributed by atoms with Crippen LogP contribution < -0.4 is 5.32 Å². The first-order valence-electron chi connectivity index (χ1n) is 9.89. The highest BCUT2D eigenvalue weighted by Gasteiger charge is 2.27. The predicted molar refractivity (Wildman–Crippen MR) is 126 cm³/mol. The highest BCUT2D eigenvalue weighted by molar-refractivity contribution is 6.06. The third-order valence-electron chi connectivity index (χ3n) is 5.61. The van der Waals surface area contributed by atoms with Crippen LogP contribution in [0.5, 0.6) is 0 Å². The molecule has 3 heterocycles. The average molecular weight is 450 g/mol. The van der Waals surface area contributed by atoms with Crippen molar-refractivity contribution in [2.24, 2.45) is 0 Å².